The Hall–Kier alpha value is -0.840. The first-order chi connectivity index (χ1) is 7.71. The molecule has 16 heavy (non-hydrogen) atoms. The highest BCUT2D eigenvalue weighted by Gasteiger charge is 2.14. The van der Waals surface area contributed by atoms with Crippen LogP contribution in [0, 0.1) is 5.92 Å². The maximum absolute atomic E-state index is 9.22. The van der Waals surface area contributed by atoms with Crippen molar-refractivity contribution in [3.05, 3.63) is 23.7 Å². The zero-order valence-electron chi connectivity index (χ0n) is 9.94. The third kappa shape index (κ3) is 3.63. The largest absolute Gasteiger partial charge is 0.462 e. The summed E-state index contributed by atoms with van der Waals surface area (Å²) in [7, 11) is 0. The number of hydrogen-bond donors (Lipinski definition) is 3. The maximum atomic E-state index is 9.22. The molecule has 1 heterocycles. The highest BCUT2D eigenvalue weighted by atomic mass is 16.4. The predicted molar refractivity (Wildman–Crippen MR) is 61.8 cm³/mol. The fraction of sp³-hybridized carbons (Fsp3) is 0.667. The summed E-state index contributed by atoms with van der Waals surface area (Å²) in [6, 6.07) is 3.69. The van der Waals surface area contributed by atoms with E-state index in [0.717, 1.165) is 12.2 Å². The minimum Gasteiger partial charge on any atom is -0.462 e. The Labute approximate surface area is 96.3 Å². The van der Waals surface area contributed by atoms with Gasteiger partial charge in [-0.1, -0.05) is 20.3 Å². The minimum atomic E-state index is -0.0746. The van der Waals surface area contributed by atoms with Crippen LogP contribution in [0.1, 0.15) is 31.8 Å². The lowest BCUT2D eigenvalue weighted by molar-refractivity contribution is 0.196. The van der Waals surface area contributed by atoms with Crippen molar-refractivity contribution in [1.82, 2.24) is 5.32 Å². The molecule has 4 nitrogen and oxygen atoms in total. The monoisotopic (exact) mass is 227 g/mol. The molecule has 4 heteroatoms. The van der Waals surface area contributed by atoms with E-state index in [2.05, 4.69) is 19.2 Å². The zero-order valence-corrected chi connectivity index (χ0v) is 9.94. The zero-order chi connectivity index (χ0) is 12.0. The maximum Gasteiger partial charge on any atom is 0.129 e. The Bertz CT molecular complexity index is 298. The average molecular weight is 227 g/mol. The standard InChI is InChI=1S/C12H21NO3/c1-3-9(2)12(8-15)13-6-10-4-5-11(7-14)16-10/h4-5,9,12-15H,3,6-8H2,1-2H3. The molecule has 2 unspecified atom stereocenters. The second-order valence-electron chi connectivity index (χ2n) is 4.08. The van der Waals surface area contributed by atoms with Crippen molar-refractivity contribution in [2.24, 2.45) is 5.92 Å². The van der Waals surface area contributed by atoms with E-state index >= 15 is 0 Å². The van der Waals surface area contributed by atoms with Crippen molar-refractivity contribution in [2.45, 2.75) is 39.5 Å². The lowest BCUT2D eigenvalue weighted by Crippen LogP contribution is -2.37. The molecule has 1 rings (SSSR count). The summed E-state index contributed by atoms with van der Waals surface area (Å²) >= 11 is 0. The SMILES string of the molecule is CCC(C)C(CO)NCc1ccc(CO)o1. The Morgan fingerprint density at radius 2 is 2.00 bits per heavy atom. The van der Waals surface area contributed by atoms with Gasteiger partial charge in [0.1, 0.15) is 18.1 Å². The molecule has 0 radical (unpaired) electrons. The van der Waals surface area contributed by atoms with Gasteiger partial charge in [0.2, 0.25) is 0 Å². The Morgan fingerprint density at radius 3 is 2.50 bits per heavy atom. The van der Waals surface area contributed by atoms with Crippen molar-refractivity contribution < 1.29 is 14.6 Å². The molecule has 0 aliphatic heterocycles. The second-order valence-corrected chi connectivity index (χ2v) is 4.08. The van der Waals surface area contributed by atoms with Gasteiger partial charge in [0.25, 0.3) is 0 Å². The molecule has 1 aromatic heterocycles. The molecule has 0 fully saturated rings. The average Bonchev–Trinajstić information content (AvgIpc) is 2.77. The van der Waals surface area contributed by atoms with Crippen LogP contribution in [0.15, 0.2) is 16.5 Å². The van der Waals surface area contributed by atoms with Crippen LogP contribution in [0.25, 0.3) is 0 Å². The number of furan rings is 1. The van der Waals surface area contributed by atoms with Crippen LogP contribution in [-0.2, 0) is 13.2 Å². The Balaban J connectivity index is 2.42. The quantitative estimate of drug-likeness (QED) is 0.656. The van der Waals surface area contributed by atoms with Gasteiger partial charge in [-0.2, -0.15) is 0 Å². The minimum absolute atomic E-state index is 0.0746. The fourth-order valence-electron chi connectivity index (χ4n) is 1.56. The molecule has 0 aliphatic rings. The summed E-state index contributed by atoms with van der Waals surface area (Å²) in [4.78, 5) is 0. The summed E-state index contributed by atoms with van der Waals surface area (Å²) in [6.07, 6.45) is 1.03. The molecule has 0 aliphatic carbocycles. The molecule has 3 N–H and O–H groups in total. The van der Waals surface area contributed by atoms with Crippen molar-refractivity contribution in [3.63, 3.8) is 0 Å². The van der Waals surface area contributed by atoms with Crippen LogP contribution >= 0.6 is 0 Å². The summed E-state index contributed by atoms with van der Waals surface area (Å²) in [5, 5.41) is 21.3. The molecule has 0 spiro atoms. The molecular weight excluding hydrogens is 206 g/mol. The van der Waals surface area contributed by atoms with Crippen molar-refractivity contribution >= 4 is 0 Å². The molecular formula is C12H21NO3. The van der Waals surface area contributed by atoms with Crippen LogP contribution in [0.2, 0.25) is 0 Å². The molecule has 0 saturated carbocycles. The van der Waals surface area contributed by atoms with E-state index in [4.69, 9.17) is 9.52 Å². The van der Waals surface area contributed by atoms with Gasteiger partial charge in [0.05, 0.1) is 13.2 Å². The van der Waals surface area contributed by atoms with Gasteiger partial charge in [-0.25, -0.2) is 0 Å². The van der Waals surface area contributed by atoms with Gasteiger partial charge in [-0.3, -0.25) is 0 Å². The number of hydrogen-bond acceptors (Lipinski definition) is 4. The summed E-state index contributed by atoms with van der Waals surface area (Å²) in [5.74, 6) is 1.78. The van der Waals surface area contributed by atoms with E-state index in [1.54, 1.807) is 6.07 Å². The molecule has 2 atom stereocenters. The van der Waals surface area contributed by atoms with Crippen molar-refractivity contribution in [2.75, 3.05) is 6.61 Å². The third-order valence-corrected chi connectivity index (χ3v) is 2.94. The molecule has 0 amide bonds. The third-order valence-electron chi connectivity index (χ3n) is 2.94. The lowest BCUT2D eigenvalue weighted by Gasteiger charge is -2.21. The fourth-order valence-corrected chi connectivity index (χ4v) is 1.56. The van der Waals surface area contributed by atoms with Gasteiger partial charge < -0.3 is 19.9 Å². The summed E-state index contributed by atoms with van der Waals surface area (Å²) in [5.41, 5.74) is 0. The first-order valence-electron chi connectivity index (χ1n) is 5.74. The van der Waals surface area contributed by atoms with Gasteiger partial charge in [-0.15, -0.1) is 0 Å². The van der Waals surface area contributed by atoms with Gasteiger partial charge in [-0.05, 0) is 18.1 Å². The number of rotatable bonds is 7. The summed E-state index contributed by atoms with van der Waals surface area (Å²) in [6.45, 7) is 4.84. The first kappa shape index (κ1) is 13.2. The number of aliphatic hydroxyl groups is 2. The van der Waals surface area contributed by atoms with E-state index in [1.807, 2.05) is 6.07 Å². The molecule has 0 aromatic carbocycles. The molecule has 0 saturated heterocycles. The second kappa shape index (κ2) is 6.68. The topological polar surface area (TPSA) is 65.6 Å². The van der Waals surface area contributed by atoms with Gasteiger partial charge >= 0.3 is 0 Å². The molecule has 1 aromatic rings. The van der Waals surface area contributed by atoms with E-state index < -0.39 is 0 Å². The van der Waals surface area contributed by atoms with E-state index in [0.29, 0.717) is 18.2 Å². The van der Waals surface area contributed by atoms with Gasteiger partial charge in [0, 0.05) is 6.04 Å². The van der Waals surface area contributed by atoms with Crippen LogP contribution < -0.4 is 5.32 Å². The van der Waals surface area contributed by atoms with Crippen molar-refractivity contribution in [1.29, 1.82) is 0 Å². The summed E-state index contributed by atoms with van der Waals surface area (Å²) < 4.78 is 5.35. The molecule has 92 valence electrons. The van der Waals surface area contributed by atoms with Crippen molar-refractivity contribution in [3.8, 4) is 0 Å². The normalized spacial score (nSPS) is 15.0. The highest BCUT2D eigenvalue weighted by molar-refractivity contribution is 5.06. The smallest absolute Gasteiger partial charge is 0.129 e. The highest BCUT2D eigenvalue weighted by Crippen LogP contribution is 2.10. The van der Waals surface area contributed by atoms with Crippen LogP contribution in [0.3, 0.4) is 0 Å². The lowest BCUT2D eigenvalue weighted by atomic mass is 10.00. The van der Waals surface area contributed by atoms with E-state index in [-0.39, 0.29) is 19.3 Å². The predicted octanol–water partition coefficient (Wildman–Crippen LogP) is 1.27. The first-order valence-corrected chi connectivity index (χ1v) is 5.74. The Morgan fingerprint density at radius 1 is 1.31 bits per heavy atom. The number of nitrogens with one attached hydrogen (secondary N) is 1. The van der Waals surface area contributed by atoms with E-state index in [1.165, 1.54) is 0 Å². The van der Waals surface area contributed by atoms with Crippen LogP contribution in [0.4, 0.5) is 0 Å². The van der Waals surface area contributed by atoms with Crippen LogP contribution in [-0.4, -0.2) is 22.9 Å². The van der Waals surface area contributed by atoms with Crippen LogP contribution in [0.5, 0.6) is 0 Å². The van der Waals surface area contributed by atoms with Gasteiger partial charge in [0.15, 0.2) is 0 Å². The molecule has 0 bridgehead atoms. The Kier molecular flexibility index (Phi) is 5.52. The number of aliphatic hydroxyl groups excluding tert-OH is 2. The van der Waals surface area contributed by atoms with E-state index in [9.17, 15) is 5.11 Å².